The van der Waals surface area contributed by atoms with Crippen LogP contribution < -0.4 is 0 Å². The van der Waals surface area contributed by atoms with Crippen molar-refractivity contribution < 1.29 is 13.2 Å². The van der Waals surface area contributed by atoms with E-state index in [0.717, 1.165) is 6.42 Å². The summed E-state index contributed by atoms with van der Waals surface area (Å²) >= 11 is 2.24. The van der Waals surface area contributed by atoms with Gasteiger partial charge in [0.25, 0.3) is 0 Å². The number of hydrogen-bond acceptors (Lipinski definition) is 3. The van der Waals surface area contributed by atoms with Crippen LogP contribution in [0, 0.1) is 17.8 Å². The van der Waals surface area contributed by atoms with E-state index in [9.17, 15) is 8.42 Å². The van der Waals surface area contributed by atoms with E-state index in [4.69, 9.17) is 4.74 Å². The maximum absolute atomic E-state index is 11.7. The lowest BCUT2D eigenvalue weighted by atomic mass is 9.75. The second-order valence-corrected chi connectivity index (χ2v) is 10.4. The zero-order chi connectivity index (χ0) is 14.2. The fourth-order valence-electron chi connectivity index (χ4n) is 3.39. The van der Waals surface area contributed by atoms with Crippen LogP contribution in [0.1, 0.15) is 40.0 Å². The molecule has 1 saturated heterocycles. The van der Waals surface area contributed by atoms with Crippen molar-refractivity contribution in [1.82, 2.24) is 0 Å². The van der Waals surface area contributed by atoms with Crippen molar-refractivity contribution in [3.8, 4) is 0 Å². The highest BCUT2D eigenvalue weighted by molar-refractivity contribution is 14.1. The molecule has 1 heterocycles. The van der Waals surface area contributed by atoms with Gasteiger partial charge >= 0.3 is 0 Å². The summed E-state index contributed by atoms with van der Waals surface area (Å²) in [5.41, 5.74) is 0. The maximum Gasteiger partial charge on any atom is 0.154 e. The average molecular weight is 400 g/mol. The van der Waals surface area contributed by atoms with Crippen LogP contribution in [0.4, 0.5) is 0 Å². The Morgan fingerprint density at radius 3 is 2.37 bits per heavy atom. The van der Waals surface area contributed by atoms with E-state index in [1.54, 1.807) is 0 Å². The Morgan fingerprint density at radius 2 is 1.84 bits per heavy atom. The smallest absolute Gasteiger partial charge is 0.154 e. The first-order valence-corrected chi connectivity index (χ1v) is 10.3. The molecule has 2 aliphatic rings. The van der Waals surface area contributed by atoms with Gasteiger partial charge in [-0.15, -0.1) is 0 Å². The first kappa shape index (κ1) is 16.0. The number of sulfone groups is 1. The third-order valence-electron chi connectivity index (χ3n) is 4.55. The van der Waals surface area contributed by atoms with Crippen molar-refractivity contribution in [3.05, 3.63) is 0 Å². The Labute approximate surface area is 130 Å². The number of ether oxygens (including phenoxy) is 1. The maximum atomic E-state index is 11.7. The molecule has 0 aromatic heterocycles. The summed E-state index contributed by atoms with van der Waals surface area (Å²) in [6.45, 7) is 6.79. The lowest BCUT2D eigenvalue weighted by Crippen LogP contribution is -2.39. The van der Waals surface area contributed by atoms with Crippen LogP contribution in [0.25, 0.3) is 0 Å². The molecule has 0 radical (unpaired) electrons. The number of hydrogen-bond donors (Lipinski definition) is 0. The first-order valence-electron chi connectivity index (χ1n) is 7.28. The monoisotopic (exact) mass is 400 g/mol. The molecule has 5 atom stereocenters. The van der Waals surface area contributed by atoms with Crippen molar-refractivity contribution in [1.29, 1.82) is 0 Å². The highest BCUT2D eigenvalue weighted by Crippen LogP contribution is 2.37. The Hall–Kier alpha value is 0.640. The van der Waals surface area contributed by atoms with Gasteiger partial charge in [-0.25, -0.2) is 8.42 Å². The summed E-state index contributed by atoms with van der Waals surface area (Å²) in [6.07, 6.45) is 3.73. The highest BCUT2D eigenvalue weighted by Gasteiger charge is 2.41. The molecule has 0 aromatic rings. The average Bonchev–Trinajstić information content (AvgIpc) is 2.51. The zero-order valence-corrected chi connectivity index (χ0v) is 15.0. The van der Waals surface area contributed by atoms with Crippen LogP contribution in [0.2, 0.25) is 0 Å². The molecule has 2 fully saturated rings. The highest BCUT2D eigenvalue weighted by atomic mass is 127. The van der Waals surface area contributed by atoms with Crippen LogP contribution in [0.15, 0.2) is 0 Å². The number of alkyl halides is 1. The van der Waals surface area contributed by atoms with Gasteiger partial charge in [0.05, 0.1) is 27.6 Å². The second kappa shape index (κ2) is 6.18. The SMILES string of the molecule is CC1CCC(C(C)C)C(OC2CS(=O)(=O)CC2I)C1. The number of rotatable bonds is 3. The van der Waals surface area contributed by atoms with Crippen LogP contribution >= 0.6 is 22.6 Å². The van der Waals surface area contributed by atoms with E-state index in [1.807, 2.05) is 0 Å². The van der Waals surface area contributed by atoms with Gasteiger partial charge in [0, 0.05) is 0 Å². The first-order chi connectivity index (χ1) is 8.78. The molecule has 0 aromatic carbocycles. The van der Waals surface area contributed by atoms with E-state index >= 15 is 0 Å². The Bertz CT molecular complexity index is 407. The van der Waals surface area contributed by atoms with Crippen molar-refractivity contribution in [2.75, 3.05) is 11.5 Å². The molecule has 2 rings (SSSR count). The van der Waals surface area contributed by atoms with Gasteiger partial charge < -0.3 is 4.74 Å². The normalized spacial score (nSPS) is 42.7. The minimum atomic E-state index is -2.88. The Balaban J connectivity index is 2.03. The molecule has 112 valence electrons. The summed E-state index contributed by atoms with van der Waals surface area (Å²) < 4.78 is 29.8. The predicted octanol–water partition coefficient (Wildman–Crippen LogP) is 3.06. The molecule has 0 bridgehead atoms. The van der Waals surface area contributed by atoms with E-state index in [-0.39, 0.29) is 27.6 Å². The molecule has 0 amide bonds. The van der Waals surface area contributed by atoms with Gasteiger partial charge in [0.2, 0.25) is 0 Å². The Kier molecular flexibility index (Phi) is 5.21. The summed E-state index contributed by atoms with van der Waals surface area (Å²) in [4.78, 5) is 0. The molecule has 5 heteroatoms. The van der Waals surface area contributed by atoms with Gasteiger partial charge in [0.15, 0.2) is 9.84 Å². The lowest BCUT2D eigenvalue weighted by molar-refractivity contribution is -0.0678. The van der Waals surface area contributed by atoms with E-state index in [0.29, 0.717) is 17.8 Å². The Morgan fingerprint density at radius 1 is 1.16 bits per heavy atom. The molecule has 5 unspecified atom stereocenters. The summed E-state index contributed by atoms with van der Waals surface area (Å²) in [6, 6.07) is 0. The minimum absolute atomic E-state index is 0.0952. The van der Waals surface area contributed by atoms with E-state index < -0.39 is 9.84 Å². The van der Waals surface area contributed by atoms with Gasteiger partial charge in [-0.2, -0.15) is 0 Å². The van der Waals surface area contributed by atoms with E-state index in [1.165, 1.54) is 12.8 Å². The van der Waals surface area contributed by atoms with Gasteiger partial charge in [-0.3, -0.25) is 0 Å². The molecule has 1 aliphatic carbocycles. The fourth-order valence-corrected chi connectivity index (χ4v) is 7.45. The molecule has 0 spiro atoms. The minimum Gasteiger partial charge on any atom is -0.372 e. The predicted molar refractivity (Wildman–Crippen MR) is 86.5 cm³/mol. The fraction of sp³-hybridized carbons (Fsp3) is 1.00. The standard InChI is InChI=1S/C14H25IO3S/c1-9(2)11-5-4-10(3)6-13(11)18-14-8-19(16,17)7-12(14)15/h9-14H,4-8H2,1-3H3. The van der Waals surface area contributed by atoms with Crippen LogP contribution in [0.5, 0.6) is 0 Å². The molecule has 3 nitrogen and oxygen atoms in total. The van der Waals surface area contributed by atoms with Crippen molar-refractivity contribution >= 4 is 32.4 Å². The third-order valence-corrected chi connectivity index (χ3v) is 8.09. The van der Waals surface area contributed by atoms with Crippen LogP contribution in [0.3, 0.4) is 0 Å². The molecular formula is C14H25IO3S. The molecule has 19 heavy (non-hydrogen) atoms. The van der Waals surface area contributed by atoms with Crippen molar-refractivity contribution in [2.45, 2.75) is 56.2 Å². The largest absolute Gasteiger partial charge is 0.372 e. The molecular weight excluding hydrogens is 375 g/mol. The van der Waals surface area contributed by atoms with Gasteiger partial charge in [-0.1, -0.05) is 49.8 Å². The van der Waals surface area contributed by atoms with Gasteiger partial charge in [0.1, 0.15) is 0 Å². The summed E-state index contributed by atoms with van der Waals surface area (Å²) in [7, 11) is -2.88. The van der Waals surface area contributed by atoms with E-state index in [2.05, 4.69) is 43.4 Å². The number of halogens is 1. The molecule has 1 aliphatic heterocycles. The molecule has 0 N–H and O–H groups in total. The summed E-state index contributed by atoms with van der Waals surface area (Å²) in [5, 5.41) is 0. The lowest BCUT2D eigenvalue weighted by Gasteiger charge is -2.38. The van der Waals surface area contributed by atoms with Crippen molar-refractivity contribution in [3.63, 3.8) is 0 Å². The van der Waals surface area contributed by atoms with Crippen molar-refractivity contribution in [2.24, 2.45) is 17.8 Å². The molecule has 1 saturated carbocycles. The van der Waals surface area contributed by atoms with Crippen LogP contribution in [-0.4, -0.2) is 36.1 Å². The topological polar surface area (TPSA) is 43.4 Å². The quantitative estimate of drug-likeness (QED) is 0.540. The van der Waals surface area contributed by atoms with Gasteiger partial charge in [-0.05, 0) is 30.6 Å². The van der Waals surface area contributed by atoms with Crippen LogP contribution in [-0.2, 0) is 14.6 Å². The second-order valence-electron chi connectivity index (χ2n) is 6.63. The third kappa shape index (κ3) is 4.06. The summed E-state index contributed by atoms with van der Waals surface area (Å²) in [5.74, 6) is 2.40. The zero-order valence-electron chi connectivity index (χ0n) is 12.0.